The van der Waals surface area contributed by atoms with E-state index in [2.05, 4.69) is 52.4 Å². The molecule has 0 radical (unpaired) electrons. The molecule has 0 aliphatic rings. The van der Waals surface area contributed by atoms with Crippen molar-refractivity contribution < 1.29 is 0 Å². The number of nitrogens with two attached hydrogens (primary N) is 1. The molecule has 6 heteroatoms. The molecule has 2 aromatic carbocycles. The minimum Gasteiger partial charge on any atom is -0.355 e. The highest BCUT2D eigenvalue weighted by Gasteiger charge is 2.12. The van der Waals surface area contributed by atoms with Gasteiger partial charge in [-0.25, -0.2) is 14.6 Å². The summed E-state index contributed by atoms with van der Waals surface area (Å²) in [6.07, 6.45) is 4.39. The second-order valence-corrected chi connectivity index (χ2v) is 6.50. The van der Waals surface area contributed by atoms with Gasteiger partial charge in [-0.3, -0.25) is 0 Å². The fraction of sp³-hybridized carbons (Fsp3) is 0.190. The maximum atomic E-state index is 5.72. The zero-order valence-corrected chi connectivity index (χ0v) is 15.3. The molecule has 0 aliphatic carbocycles. The van der Waals surface area contributed by atoms with Gasteiger partial charge in [0.2, 0.25) is 0 Å². The Labute approximate surface area is 158 Å². The Kier molecular flexibility index (Phi) is 4.80. The summed E-state index contributed by atoms with van der Waals surface area (Å²) in [5.41, 5.74) is 8.90. The van der Waals surface area contributed by atoms with E-state index in [1.165, 1.54) is 5.56 Å². The first-order chi connectivity index (χ1) is 13.2. The van der Waals surface area contributed by atoms with Crippen LogP contribution in [-0.2, 0) is 13.0 Å². The van der Waals surface area contributed by atoms with Gasteiger partial charge in [-0.1, -0.05) is 24.3 Å². The van der Waals surface area contributed by atoms with E-state index in [0.29, 0.717) is 13.0 Å². The maximum Gasteiger partial charge on any atom is 0.140 e. The fourth-order valence-corrected chi connectivity index (χ4v) is 3.21. The molecule has 0 amide bonds. The summed E-state index contributed by atoms with van der Waals surface area (Å²) in [5.74, 6) is 1.71. The Morgan fingerprint density at radius 1 is 1.04 bits per heavy atom. The van der Waals surface area contributed by atoms with Gasteiger partial charge in [0.25, 0.3) is 0 Å². The Morgan fingerprint density at radius 3 is 2.74 bits per heavy atom. The average molecular weight is 358 g/mol. The van der Waals surface area contributed by atoms with E-state index in [-0.39, 0.29) is 0 Å². The van der Waals surface area contributed by atoms with E-state index in [1.807, 2.05) is 35.1 Å². The minimum absolute atomic E-state index is 0.535. The summed E-state index contributed by atoms with van der Waals surface area (Å²) < 4.78 is 1.86. The summed E-state index contributed by atoms with van der Waals surface area (Å²) in [5, 5.41) is 5.35. The molecule has 0 saturated carbocycles. The molecule has 136 valence electrons. The highest BCUT2D eigenvalue weighted by molar-refractivity contribution is 5.89. The van der Waals surface area contributed by atoms with Crippen LogP contribution in [0, 0.1) is 0 Å². The largest absolute Gasteiger partial charge is 0.355 e. The lowest BCUT2D eigenvalue weighted by atomic mass is 10.1. The molecule has 0 unspecified atom stereocenters. The van der Waals surface area contributed by atoms with Gasteiger partial charge in [0.1, 0.15) is 11.6 Å². The van der Waals surface area contributed by atoms with Crippen molar-refractivity contribution in [3.05, 3.63) is 78.4 Å². The molecule has 0 bridgehead atoms. The van der Waals surface area contributed by atoms with Gasteiger partial charge in [0, 0.05) is 37.8 Å². The topological polar surface area (TPSA) is 72.9 Å². The summed E-state index contributed by atoms with van der Waals surface area (Å²) in [7, 11) is 2.06. The molecule has 2 N–H and O–H groups in total. The second kappa shape index (κ2) is 7.55. The van der Waals surface area contributed by atoms with Crippen LogP contribution in [-0.4, -0.2) is 33.3 Å². The van der Waals surface area contributed by atoms with Crippen molar-refractivity contribution in [1.29, 1.82) is 0 Å². The van der Waals surface area contributed by atoms with Crippen LogP contribution in [0.15, 0.2) is 67.0 Å². The van der Waals surface area contributed by atoms with Crippen LogP contribution in [0.5, 0.6) is 0 Å². The summed E-state index contributed by atoms with van der Waals surface area (Å²) in [6, 6.07) is 18.4. The number of rotatable bonds is 6. The van der Waals surface area contributed by atoms with Crippen LogP contribution < -0.4 is 10.6 Å². The standard InChI is InChI=1S/C21H22N6/c1-26(15-16-6-4-7-17(14-16)27-13-5-12-23-27)21-18-8-2-3-9-19(18)24-20(25-21)10-11-22/h2-9,12-14H,10-11,15,22H2,1H3. The Bertz CT molecular complexity index is 1040. The molecule has 4 rings (SSSR count). The van der Waals surface area contributed by atoms with E-state index in [4.69, 9.17) is 10.7 Å². The van der Waals surface area contributed by atoms with Gasteiger partial charge < -0.3 is 10.6 Å². The molecule has 0 saturated heterocycles. The number of benzene rings is 2. The van der Waals surface area contributed by atoms with Crippen LogP contribution in [0.25, 0.3) is 16.6 Å². The SMILES string of the molecule is CN(Cc1cccc(-n2cccn2)c1)c1nc(CCN)nc2ccccc12. The van der Waals surface area contributed by atoms with Crippen LogP contribution in [0.1, 0.15) is 11.4 Å². The number of fused-ring (bicyclic) bond motifs is 1. The Balaban J connectivity index is 1.67. The van der Waals surface area contributed by atoms with Crippen molar-refractivity contribution in [3.63, 3.8) is 0 Å². The van der Waals surface area contributed by atoms with Crippen molar-refractivity contribution in [2.45, 2.75) is 13.0 Å². The third kappa shape index (κ3) is 3.66. The highest BCUT2D eigenvalue weighted by Crippen LogP contribution is 2.24. The predicted octanol–water partition coefficient (Wildman–Crippen LogP) is 2.95. The van der Waals surface area contributed by atoms with Gasteiger partial charge in [-0.05, 0) is 42.4 Å². The summed E-state index contributed by atoms with van der Waals surface area (Å²) in [6.45, 7) is 1.27. The van der Waals surface area contributed by atoms with E-state index >= 15 is 0 Å². The third-order valence-electron chi connectivity index (χ3n) is 4.46. The van der Waals surface area contributed by atoms with Crippen LogP contribution in [0.4, 0.5) is 5.82 Å². The van der Waals surface area contributed by atoms with Crippen molar-refractivity contribution in [2.75, 3.05) is 18.5 Å². The molecule has 0 fully saturated rings. The number of anilines is 1. The number of hydrogen-bond donors (Lipinski definition) is 1. The number of para-hydroxylation sites is 1. The molecular weight excluding hydrogens is 336 g/mol. The van der Waals surface area contributed by atoms with Gasteiger partial charge in [-0.2, -0.15) is 5.10 Å². The van der Waals surface area contributed by atoms with Crippen molar-refractivity contribution >= 4 is 16.7 Å². The fourth-order valence-electron chi connectivity index (χ4n) is 3.21. The first kappa shape index (κ1) is 17.2. The first-order valence-corrected chi connectivity index (χ1v) is 9.00. The molecule has 27 heavy (non-hydrogen) atoms. The molecule has 2 aromatic heterocycles. The normalized spacial score (nSPS) is 11.0. The average Bonchev–Trinajstić information content (AvgIpc) is 3.23. The van der Waals surface area contributed by atoms with E-state index in [0.717, 1.165) is 34.8 Å². The molecule has 0 aliphatic heterocycles. The lowest BCUT2D eigenvalue weighted by molar-refractivity contribution is 0.841. The van der Waals surface area contributed by atoms with Crippen LogP contribution in [0.2, 0.25) is 0 Å². The van der Waals surface area contributed by atoms with Crippen molar-refractivity contribution in [2.24, 2.45) is 5.73 Å². The molecular formula is C21H22N6. The quantitative estimate of drug-likeness (QED) is 0.574. The zero-order chi connectivity index (χ0) is 18.6. The van der Waals surface area contributed by atoms with Gasteiger partial charge in [0.05, 0.1) is 11.2 Å². The molecule has 0 spiro atoms. The second-order valence-electron chi connectivity index (χ2n) is 6.50. The van der Waals surface area contributed by atoms with E-state index in [9.17, 15) is 0 Å². The van der Waals surface area contributed by atoms with Gasteiger partial charge in [0.15, 0.2) is 0 Å². The Hall–Kier alpha value is -3.25. The lowest BCUT2D eigenvalue weighted by Crippen LogP contribution is -2.20. The number of aromatic nitrogens is 4. The van der Waals surface area contributed by atoms with Crippen LogP contribution in [0.3, 0.4) is 0 Å². The first-order valence-electron chi connectivity index (χ1n) is 9.00. The molecule has 2 heterocycles. The predicted molar refractivity (Wildman–Crippen MR) is 108 cm³/mol. The smallest absolute Gasteiger partial charge is 0.140 e. The third-order valence-corrected chi connectivity index (χ3v) is 4.46. The number of hydrogen-bond acceptors (Lipinski definition) is 5. The van der Waals surface area contributed by atoms with Gasteiger partial charge in [-0.15, -0.1) is 0 Å². The maximum absolute atomic E-state index is 5.72. The van der Waals surface area contributed by atoms with E-state index in [1.54, 1.807) is 6.20 Å². The molecule has 4 aromatic rings. The summed E-state index contributed by atoms with van der Waals surface area (Å²) >= 11 is 0. The lowest BCUT2D eigenvalue weighted by Gasteiger charge is -2.21. The van der Waals surface area contributed by atoms with Crippen molar-refractivity contribution in [1.82, 2.24) is 19.7 Å². The Morgan fingerprint density at radius 2 is 1.93 bits per heavy atom. The molecule has 6 nitrogen and oxygen atoms in total. The van der Waals surface area contributed by atoms with Crippen molar-refractivity contribution in [3.8, 4) is 5.69 Å². The molecule has 0 atom stereocenters. The monoisotopic (exact) mass is 358 g/mol. The van der Waals surface area contributed by atoms with Gasteiger partial charge >= 0.3 is 0 Å². The highest BCUT2D eigenvalue weighted by atomic mass is 15.3. The minimum atomic E-state index is 0.535. The zero-order valence-electron chi connectivity index (χ0n) is 15.3. The summed E-state index contributed by atoms with van der Waals surface area (Å²) in [4.78, 5) is 11.6. The van der Waals surface area contributed by atoms with Crippen LogP contribution >= 0.6 is 0 Å². The number of nitrogens with zero attached hydrogens (tertiary/aromatic N) is 5. The van der Waals surface area contributed by atoms with E-state index < -0.39 is 0 Å².